The zero-order valence-electron chi connectivity index (χ0n) is 22.5. The number of halogens is 3. The van der Waals surface area contributed by atoms with Crippen LogP contribution in [0, 0.1) is 0 Å². The van der Waals surface area contributed by atoms with Crippen molar-refractivity contribution in [3.8, 4) is 0 Å². The second-order valence-corrected chi connectivity index (χ2v) is 13.2. The van der Waals surface area contributed by atoms with Crippen LogP contribution >= 0.6 is 39.1 Å². The smallest absolute Gasteiger partial charge is 0.244 e. The van der Waals surface area contributed by atoms with Gasteiger partial charge in [0.2, 0.25) is 21.8 Å². The van der Waals surface area contributed by atoms with E-state index in [0.717, 1.165) is 20.6 Å². The summed E-state index contributed by atoms with van der Waals surface area (Å²) in [5.74, 6) is -0.897. The van der Waals surface area contributed by atoms with Gasteiger partial charge >= 0.3 is 0 Å². The highest BCUT2D eigenvalue weighted by Crippen LogP contribution is 2.26. The van der Waals surface area contributed by atoms with Gasteiger partial charge in [0, 0.05) is 33.5 Å². The van der Waals surface area contributed by atoms with E-state index in [-0.39, 0.29) is 24.9 Å². The SMILES string of the molecule is CC[C@@H](C)NC(=O)[C@H](Cc1ccccc1)N(Cc1ccc(Cl)cc1Cl)C(=O)CN(c1ccc(Br)cc1)S(C)(=O)=O. The maximum Gasteiger partial charge on any atom is 0.244 e. The van der Waals surface area contributed by atoms with Gasteiger partial charge in [0.25, 0.3) is 0 Å². The number of anilines is 1. The van der Waals surface area contributed by atoms with Gasteiger partial charge in [-0.05, 0) is 60.9 Å². The molecule has 214 valence electrons. The minimum Gasteiger partial charge on any atom is -0.352 e. The van der Waals surface area contributed by atoms with Gasteiger partial charge < -0.3 is 10.2 Å². The van der Waals surface area contributed by atoms with Crippen molar-refractivity contribution in [3.05, 3.63) is 98.4 Å². The Morgan fingerprint density at radius 3 is 2.23 bits per heavy atom. The highest BCUT2D eigenvalue weighted by Gasteiger charge is 2.33. The molecule has 11 heteroatoms. The van der Waals surface area contributed by atoms with Crippen LogP contribution < -0.4 is 9.62 Å². The van der Waals surface area contributed by atoms with Gasteiger partial charge in [0.05, 0.1) is 11.9 Å². The van der Waals surface area contributed by atoms with Crippen LogP contribution in [0.15, 0.2) is 77.3 Å². The van der Waals surface area contributed by atoms with Crippen LogP contribution in [0.4, 0.5) is 5.69 Å². The summed E-state index contributed by atoms with van der Waals surface area (Å²) < 4.78 is 27.5. The molecular formula is C29H32BrCl2N3O4S. The van der Waals surface area contributed by atoms with E-state index in [9.17, 15) is 18.0 Å². The molecule has 0 unspecified atom stereocenters. The number of carbonyl (C=O) groups is 2. The Bertz CT molecular complexity index is 1420. The number of hydrogen-bond acceptors (Lipinski definition) is 4. The quantitative estimate of drug-likeness (QED) is 0.254. The molecule has 1 N–H and O–H groups in total. The van der Waals surface area contributed by atoms with Gasteiger partial charge in [-0.1, -0.05) is 82.5 Å². The monoisotopic (exact) mass is 667 g/mol. The van der Waals surface area contributed by atoms with E-state index in [4.69, 9.17) is 23.2 Å². The number of sulfonamides is 1. The second-order valence-electron chi connectivity index (χ2n) is 9.53. The third kappa shape index (κ3) is 8.96. The third-order valence-corrected chi connectivity index (χ3v) is 8.68. The Morgan fingerprint density at radius 2 is 1.65 bits per heavy atom. The average molecular weight is 669 g/mol. The van der Waals surface area contributed by atoms with Crippen LogP contribution in [0.5, 0.6) is 0 Å². The van der Waals surface area contributed by atoms with E-state index in [2.05, 4.69) is 21.2 Å². The number of carbonyl (C=O) groups excluding carboxylic acids is 2. The van der Waals surface area contributed by atoms with Crippen LogP contribution in [-0.2, 0) is 32.6 Å². The highest BCUT2D eigenvalue weighted by molar-refractivity contribution is 9.10. The lowest BCUT2D eigenvalue weighted by Gasteiger charge is -2.34. The molecule has 0 spiro atoms. The molecule has 0 fully saturated rings. The number of rotatable bonds is 12. The summed E-state index contributed by atoms with van der Waals surface area (Å²) in [6.07, 6.45) is 1.96. The van der Waals surface area contributed by atoms with Crippen LogP contribution in [0.25, 0.3) is 0 Å². The summed E-state index contributed by atoms with van der Waals surface area (Å²) in [6, 6.07) is 19.8. The zero-order chi connectivity index (χ0) is 29.4. The number of nitrogens with one attached hydrogen (secondary N) is 1. The average Bonchev–Trinajstić information content (AvgIpc) is 2.90. The summed E-state index contributed by atoms with van der Waals surface area (Å²) in [5, 5.41) is 3.76. The topological polar surface area (TPSA) is 86.8 Å². The Kier molecular flexibility index (Phi) is 11.5. The first kappa shape index (κ1) is 31.9. The molecule has 0 aliphatic carbocycles. The molecule has 40 heavy (non-hydrogen) atoms. The summed E-state index contributed by atoms with van der Waals surface area (Å²) >= 11 is 15.9. The molecule has 2 amide bonds. The maximum atomic E-state index is 14.1. The fourth-order valence-corrected chi connectivity index (χ4v) is 5.63. The van der Waals surface area contributed by atoms with E-state index in [1.807, 2.05) is 44.2 Å². The Morgan fingerprint density at radius 1 is 1.00 bits per heavy atom. The summed E-state index contributed by atoms with van der Waals surface area (Å²) in [5.41, 5.74) is 1.75. The van der Waals surface area contributed by atoms with E-state index >= 15 is 0 Å². The first-order valence-electron chi connectivity index (χ1n) is 12.7. The normalized spacial score (nSPS) is 12.8. The molecule has 0 radical (unpaired) electrons. The molecule has 0 heterocycles. The Balaban J connectivity index is 2.08. The predicted octanol–water partition coefficient (Wildman–Crippen LogP) is 6.08. The van der Waals surface area contributed by atoms with Crippen LogP contribution in [0.3, 0.4) is 0 Å². The number of hydrogen-bond donors (Lipinski definition) is 1. The summed E-state index contributed by atoms with van der Waals surface area (Å²) in [7, 11) is -3.85. The molecule has 3 aromatic carbocycles. The molecule has 3 rings (SSSR count). The lowest BCUT2D eigenvalue weighted by molar-refractivity contribution is -0.140. The molecule has 7 nitrogen and oxygen atoms in total. The molecule has 2 atom stereocenters. The molecule has 0 aromatic heterocycles. The largest absolute Gasteiger partial charge is 0.352 e. The van der Waals surface area contributed by atoms with Crippen molar-refractivity contribution in [2.45, 2.75) is 45.3 Å². The summed E-state index contributed by atoms with van der Waals surface area (Å²) in [4.78, 5) is 29.2. The van der Waals surface area contributed by atoms with Gasteiger partial charge in [0.15, 0.2) is 0 Å². The molecular weight excluding hydrogens is 637 g/mol. The zero-order valence-corrected chi connectivity index (χ0v) is 26.4. The molecule has 0 bridgehead atoms. The van der Waals surface area contributed by atoms with Gasteiger partial charge in [-0.2, -0.15) is 0 Å². The van der Waals surface area contributed by atoms with Crippen LogP contribution in [0.1, 0.15) is 31.4 Å². The minimum atomic E-state index is -3.85. The molecule has 3 aromatic rings. The van der Waals surface area contributed by atoms with Crippen molar-refractivity contribution in [1.29, 1.82) is 0 Å². The molecule has 0 saturated heterocycles. The molecule has 0 saturated carbocycles. The number of benzene rings is 3. The summed E-state index contributed by atoms with van der Waals surface area (Å²) in [6.45, 7) is 3.31. The van der Waals surface area contributed by atoms with Crippen molar-refractivity contribution in [2.24, 2.45) is 0 Å². The molecule has 0 aliphatic rings. The van der Waals surface area contributed by atoms with E-state index < -0.39 is 28.5 Å². The minimum absolute atomic E-state index is 0.0296. The lowest BCUT2D eigenvalue weighted by Crippen LogP contribution is -2.54. The van der Waals surface area contributed by atoms with Crippen molar-refractivity contribution in [3.63, 3.8) is 0 Å². The Hall–Kier alpha value is -2.59. The first-order chi connectivity index (χ1) is 18.9. The van der Waals surface area contributed by atoms with Gasteiger partial charge in [-0.25, -0.2) is 8.42 Å². The second kappa shape index (κ2) is 14.3. The van der Waals surface area contributed by atoms with Crippen LogP contribution in [-0.4, -0.2) is 50.0 Å². The highest BCUT2D eigenvalue weighted by atomic mass is 79.9. The van der Waals surface area contributed by atoms with Gasteiger partial charge in [-0.3, -0.25) is 13.9 Å². The van der Waals surface area contributed by atoms with Gasteiger partial charge in [0.1, 0.15) is 12.6 Å². The fraction of sp³-hybridized carbons (Fsp3) is 0.310. The Labute approximate surface area is 254 Å². The van der Waals surface area contributed by atoms with Crippen molar-refractivity contribution in [1.82, 2.24) is 10.2 Å². The van der Waals surface area contributed by atoms with Crippen molar-refractivity contribution < 1.29 is 18.0 Å². The first-order valence-corrected chi connectivity index (χ1v) is 16.1. The van der Waals surface area contributed by atoms with E-state index in [0.29, 0.717) is 27.7 Å². The van der Waals surface area contributed by atoms with Crippen molar-refractivity contribution in [2.75, 3.05) is 17.1 Å². The molecule has 0 aliphatic heterocycles. The van der Waals surface area contributed by atoms with Crippen LogP contribution in [0.2, 0.25) is 10.0 Å². The van der Waals surface area contributed by atoms with Crippen molar-refractivity contribution >= 4 is 66.7 Å². The number of nitrogens with zero attached hydrogens (tertiary/aromatic N) is 2. The predicted molar refractivity (Wildman–Crippen MR) is 165 cm³/mol. The lowest BCUT2D eigenvalue weighted by atomic mass is 10.0. The standard InChI is InChI=1S/C29H32BrCl2N3O4S/c1-4-20(2)33-29(37)27(16-21-8-6-5-7-9-21)34(18-22-10-13-24(31)17-26(22)32)28(36)19-35(40(3,38)39)25-14-11-23(30)12-15-25/h5-15,17,20,27H,4,16,18-19H2,1-3H3,(H,33,37)/t20-,27+/m1/s1. The van der Waals surface area contributed by atoms with Gasteiger partial charge in [-0.15, -0.1) is 0 Å². The maximum absolute atomic E-state index is 14.1. The number of amides is 2. The van der Waals surface area contributed by atoms with E-state index in [1.54, 1.807) is 42.5 Å². The third-order valence-electron chi connectivity index (χ3n) is 6.42. The van der Waals surface area contributed by atoms with E-state index in [1.165, 1.54) is 4.90 Å². The fourth-order valence-electron chi connectivity index (χ4n) is 4.05.